The molecule has 1 heterocycles. The second-order valence-corrected chi connectivity index (χ2v) is 6.80. The van der Waals surface area contributed by atoms with Gasteiger partial charge < -0.3 is 11.1 Å². The van der Waals surface area contributed by atoms with Crippen molar-refractivity contribution in [2.24, 2.45) is 0 Å². The quantitative estimate of drug-likeness (QED) is 0.780. The van der Waals surface area contributed by atoms with E-state index in [2.05, 4.69) is 31.3 Å². The van der Waals surface area contributed by atoms with E-state index in [0.29, 0.717) is 15.7 Å². The Labute approximate surface area is 127 Å². The van der Waals surface area contributed by atoms with Gasteiger partial charge in [-0.15, -0.1) is 11.3 Å². The molecule has 0 aliphatic heterocycles. The number of halogens is 2. The molecule has 0 saturated heterocycles. The standard InChI is InChI=1S/C14H16Cl2N2S/c1-8(5-10-4-3-9(2)19-10)18-14-7-12(16)11(15)6-13(14)17/h3-4,6-8,18H,5,17H2,1-2H3. The largest absolute Gasteiger partial charge is 0.397 e. The minimum atomic E-state index is 0.276. The first-order valence-electron chi connectivity index (χ1n) is 6.02. The molecule has 5 heteroatoms. The van der Waals surface area contributed by atoms with E-state index in [1.54, 1.807) is 12.1 Å². The van der Waals surface area contributed by atoms with Gasteiger partial charge in [-0.2, -0.15) is 0 Å². The van der Waals surface area contributed by atoms with Crippen LogP contribution >= 0.6 is 34.5 Å². The van der Waals surface area contributed by atoms with Gasteiger partial charge in [-0.05, 0) is 38.1 Å². The van der Waals surface area contributed by atoms with Crippen LogP contribution in [-0.2, 0) is 6.42 Å². The summed E-state index contributed by atoms with van der Waals surface area (Å²) in [5.74, 6) is 0. The maximum atomic E-state index is 6.01. The van der Waals surface area contributed by atoms with Crippen LogP contribution in [0.4, 0.5) is 11.4 Å². The van der Waals surface area contributed by atoms with Crippen LogP contribution in [0.2, 0.25) is 10.0 Å². The van der Waals surface area contributed by atoms with Crippen molar-refractivity contribution in [2.45, 2.75) is 26.3 Å². The average molecular weight is 315 g/mol. The van der Waals surface area contributed by atoms with Crippen LogP contribution < -0.4 is 11.1 Å². The van der Waals surface area contributed by atoms with Crippen molar-refractivity contribution < 1.29 is 0 Å². The Bertz CT molecular complexity index is 581. The molecule has 2 nitrogen and oxygen atoms in total. The molecule has 1 atom stereocenters. The van der Waals surface area contributed by atoms with E-state index in [1.165, 1.54) is 9.75 Å². The third kappa shape index (κ3) is 3.78. The second kappa shape index (κ2) is 6.04. The van der Waals surface area contributed by atoms with Crippen LogP contribution in [0, 0.1) is 6.92 Å². The molecule has 0 saturated carbocycles. The Balaban J connectivity index is 2.06. The predicted molar refractivity (Wildman–Crippen MR) is 86.7 cm³/mol. The van der Waals surface area contributed by atoms with E-state index in [0.717, 1.165) is 12.1 Å². The molecular formula is C14H16Cl2N2S. The molecular weight excluding hydrogens is 299 g/mol. The lowest BCUT2D eigenvalue weighted by atomic mass is 10.2. The highest BCUT2D eigenvalue weighted by atomic mass is 35.5. The highest BCUT2D eigenvalue weighted by molar-refractivity contribution is 7.11. The topological polar surface area (TPSA) is 38.0 Å². The number of benzene rings is 1. The molecule has 102 valence electrons. The van der Waals surface area contributed by atoms with Crippen LogP contribution in [0.3, 0.4) is 0 Å². The molecule has 19 heavy (non-hydrogen) atoms. The van der Waals surface area contributed by atoms with E-state index in [-0.39, 0.29) is 6.04 Å². The van der Waals surface area contributed by atoms with Crippen molar-refractivity contribution in [2.75, 3.05) is 11.1 Å². The minimum Gasteiger partial charge on any atom is -0.397 e. The predicted octanol–water partition coefficient (Wildman–Crippen LogP) is 4.99. The van der Waals surface area contributed by atoms with E-state index in [1.807, 2.05) is 11.3 Å². The van der Waals surface area contributed by atoms with Gasteiger partial charge in [0.1, 0.15) is 0 Å². The fourth-order valence-electron chi connectivity index (χ4n) is 1.90. The van der Waals surface area contributed by atoms with Crippen molar-refractivity contribution in [1.29, 1.82) is 0 Å². The maximum absolute atomic E-state index is 6.01. The molecule has 3 N–H and O–H groups in total. The van der Waals surface area contributed by atoms with E-state index >= 15 is 0 Å². The van der Waals surface area contributed by atoms with Crippen molar-refractivity contribution in [3.63, 3.8) is 0 Å². The summed E-state index contributed by atoms with van der Waals surface area (Å²) in [5.41, 5.74) is 7.38. The van der Waals surface area contributed by atoms with Gasteiger partial charge in [0.25, 0.3) is 0 Å². The highest BCUT2D eigenvalue weighted by Crippen LogP contribution is 2.31. The van der Waals surface area contributed by atoms with Gasteiger partial charge in [0.05, 0.1) is 21.4 Å². The smallest absolute Gasteiger partial charge is 0.0614 e. The zero-order chi connectivity index (χ0) is 14.0. The van der Waals surface area contributed by atoms with Crippen molar-refractivity contribution >= 4 is 45.9 Å². The number of rotatable bonds is 4. The SMILES string of the molecule is Cc1ccc(CC(C)Nc2cc(Cl)c(Cl)cc2N)s1. The Morgan fingerprint density at radius 1 is 1.26 bits per heavy atom. The number of thiophene rings is 1. The van der Waals surface area contributed by atoms with Gasteiger partial charge in [-0.3, -0.25) is 0 Å². The molecule has 0 radical (unpaired) electrons. The van der Waals surface area contributed by atoms with Crippen molar-refractivity contribution in [1.82, 2.24) is 0 Å². The molecule has 0 spiro atoms. The number of anilines is 2. The highest BCUT2D eigenvalue weighted by Gasteiger charge is 2.09. The minimum absolute atomic E-state index is 0.276. The van der Waals surface area contributed by atoms with Crippen molar-refractivity contribution in [3.8, 4) is 0 Å². The summed E-state index contributed by atoms with van der Waals surface area (Å²) in [6, 6.07) is 8.03. The van der Waals surface area contributed by atoms with Crippen molar-refractivity contribution in [3.05, 3.63) is 44.1 Å². The summed E-state index contributed by atoms with van der Waals surface area (Å²) in [6.45, 7) is 4.24. The lowest BCUT2D eigenvalue weighted by Gasteiger charge is -2.17. The average Bonchev–Trinajstić information content (AvgIpc) is 2.71. The van der Waals surface area contributed by atoms with Crippen LogP contribution in [-0.4, -0.2) is 6.04 Å². The molecule has 0 aliphatic carbocycles. The summed E-state index contributed by atoms with van der Waals surface area (Å²) in [7, 11) is 0. The third-order valence-electron chi connectivity index (χ3n) is 2.80. The van der Waals surface area contributed by atoms with Gasteiger partial charge in [0.15, 0.2) is 0 Å². The first kappa shape index (κ1) is 14.5. The Hall–Kier alpha value is -0.900. The first-order valence-corrected chi connectivity index (χ1v) is 7.59. The van der Waals surface area contributed by atoms with Gasteiger partial charge in [0.2, 0.25) is 0 Å². The van der Waals surface area contributed by atoms with Crippen LogP contribution in [0.15, 0.2) is 24.3 Å². The lowest BCUT2D eigenvalue weighted by molar-refractivity contribution is 0.801. The molecule has 2 rings (SSSR count). The number of nitrogen functional groups attached to an aromatic ring is 1. The third-order valence-corrected chi connectivity index (χ3v) is 4.54. The molecule has 0 fully saturated rings. The fourth-order valence-corrected chi connectivity index (χ4v) is 3.26. The summed E-state index contributed by atoms with van der Waals surface area (Å²) < 4.78 is 0. The van der Waals surface area contributed by atoms with E-state index in [4.69, 9.17) is 28.9 Å². The maximum Gasteiger partial charge on any atom is 0.0614 e. The van der Waals surface area contributed by atoms with Crippen LogP contribution in [0.5, 0.6) is 0 Å². The summed E-state index contributed by atoms with van der Waals surface area (Å²) in [6.07, 6.45) is 0.957. The number of nitrogens with one attached hydrogen (secondary N) is 1. The number of aryl methyl sites for hydroxylation is 1. The van der Waals surface area contributed by atoms with Gasteiger partial charge in [0, 0.05) is 22.2 Å². The summed E-state index contributed by atoms with van der Waals surface area (Å²) in [5, 5.41) is 4.36. The molecule has 0 aliphatic rings. The van der Waals surface area contributed by atoms with Gasteiger partial charge in [-0.25, -0.2) is 0 Å². The molecule has 0 amide bonds. The second-order valence-electron chi connectivity index (χ2n) is 4.62. The Kier molecular flexibility index (Phi) is 4.61. The number of hydrogen-bond acceptors (Lipinski definition) is 3. The van der Waals surface area contributed by atoms with E-state index in [9.17, 15) is 0 Å². The molecule has 1 aromatic heterocycles. The van der Waals surface area contributed by atoms with Crippen LogP contribution in [0.1, 0.15) is 16.7 Å². The molecule has 2 aromatic rings. The Morgan fingerprint density at radius 3 is 2.58 bits per heavy atom. The number of nitrogens with two attached hydrogens (primary N) is 1. The van der Waals surface area contributed by atoms with Gasteiger partial charge >= 0.3 is 0 Å². The number of hydrogen-bond donors (Lipinski definition) is 2. The zero-order valence-corrected chi connectivity index (χ0v) is 13.2. The summed E-state index contributed by atoms with van der Waals surface area (Å²) >= 11 is 13.7. The molecule has 0 bridgehead atoms. The molecule has 1 unspecified atom stereocenters. The van der Waals surface area contributed by atoms with Gasteiger partial charge in [-0.1, -0.05) is 23.2 Å². The van der Waals surface area contributed by atoms with E-state index < -0.39 is 0 Å². The molecule has 1 aromatic carbocycles. The fraction of sp³-hybridized carbons (Fsp3) is 0.286. The lowest BCUT2D eigenvalue weighted by Crippen LogP contribution is -2.18. The summed E-state index contributed by atoms with van der Waals surface area (Å²) in [4.78, 5) is 2.69. The first-order chi connectivity index (χ1) is 8.95. The normalized spacial score (nSPS) is 12.4. The monoisotopic (exact) mass is 314 g/mol. The zero-order valence-electron chi connectivity index (χ0n) is 10.8. The van der Waals surface area contributed by atoms with Crippen LogP contribution in [0.25, 0.3) is 0 Å². The Morgan fingerprint density at radius 2 is 1.95 bits per heavy atom.